The lowest BCUT2D eigenvalue weighted by Gasteiger charge is -2.36. The summed E-state index contributed by atoms with van der Waals surface area (Å²) in [5, 5.41) is 2.58. The molecular formula is C15H31N3O2. The van der Waals surface area contributed by atoms with Gasteiger partial charge in [0.1, 0.15) is 0 Å². The predicted molar refractivity (Wildman–Crippen MR) is 82.2 cm³/mol. The topological polar surface area (TPSA) is 75.4 Å². The highest BCUT2D eigenvalue weighted by Crippen LogP contribution is 2.31. The highest BCUT2D eigenvalue weighted by molar-refractivity contribution is 5.88. The molecule has 0 aliphatic rings. The van der Waals surface area contributed by atoms with Crippen molar-refractivity contribution in [3.63, 3.8) is 0 Å². The predicted octanol–water partition coefficient (Wildman–Crippen LogP) is 1.52. The second kappa shape index (κ2) is 9.75. The molecule has 0 spiro atoms. The quantitative estimate of drug-likeness (QED) is 0.639. The first-order chi connectivity index (χ1) is 9.51. The summed E-state index contributed by atoms with van der Waals surface area (Å²) in [6, 6.07) is 0. The smallest absolute Gasteiger partial charge is 0.239 e. The number of nitrogens with one attached hydrogen (secondary N) is 1. The Bertz CT molecular complexity index is 299. The van der Waals surface area contributed by atoms with Crippen molar-refractivity contribution in [2.75, 3.05) is 26.7 Å². The lowest BCUT2D eigenvalue weighted by Crippen LogP contribution is -2.51. The summed E-state index contributed by atoms with van der Waals surface area (Å²) in [6.45, 7) is 7.21. The summed E-state index contributed by atoms with van der Waals surface area (Å²) in [5.74, 6) is -0.0973. The van der Waals surface area contributed by atoms with E-state index in [-0.39, 0.29) is 18.4 Å². The minimum Gasteiger partial charge on any atom is -0.358 e. The maximum absolute atomic E-state index is 12.9. The van der Waals surface area contributed by atoms with Crippen LogP contribution in [-0.4, -0.2) is 43.4 Å². The van der Waals surface area contributed by atoms with Gasteiger partial charge in [-0.25, -0.2) is 0 Å². The van der Waals surface area contributed by atoms with Crippen LogP contribution in [0.25, 0.3) is 0 Å². The second-order valence-corrected chi connectivity index (χ2v) is 5.38. The maximum Gasteiger partial charge on any atom is 0.239 e. The molecule has 0 aromatic rings. The first-order valence-corrected chi connectivity index (χ1v) is 7.71. The molecule has 0 saturated carbocycles. The minimum atomic E-state index is -0.507. The van der Waals surface area contributed by atoms with Gasteiger partial charge in [-0.15, -0.1) is 0 Å². The number of likely N-dealkylation sites (N-methyl/N-ethyl adjacent to an activating group) is 1. The van der Waals surface area contributed by atoms with Gasteiger partial charge in [0.25, 0.3) is 0 Å². The van der Waals surface area contributed by atoms with E-state index in [0.29, 0.717) is 13.1 Å². The van der Waals surface area contributed by atoms with E-state index in [9.17, 15) is 9.59 Å². The summed E-state index contributed by atoms with van der Waals surface area (Å²) in [6.07, 6.45) is 4.24. The summed E-state index contributed by atoms with van der Waals surface area (Å²) in [4.78, 5) is 26.1. The average Bonchev–Trinajstić information content (AvgIpc) is 2.45. The standard InChI is InChI=1S/C15H31N3O2/c1-5-8-15(12-16,9-6-2)14(20)18(10-7-3)11-13(19)17-4/h5-12,16H2,1-4H3,(H,17,19). The SMILES string of the molecule is CCCN(CC(=O)NC)C(=O)C(CN)(CCC)CCC. The first kappa shape index (κ1) is 18.9. The van der Waals surface area contributed by atoms with Crippen LogP contribution >= 0.6 is 0 Å². The van der Waals surface area contributed by atoms with E-state index in [2.05, 4.69) is 19.2 Å². The fraction of sp³-hybridized carbons (Fsp3) is 0.867. The molecule has 0 radical (unpaired) electrons. The van der Waals surface area contributed by atoms with E-state index < -0.39 is 5.41 Å². The number of nitrogens with two attached hydrogens (primary N) is 1. The monoisotopic (exact) mass is 285 g/mol. The molecule has 3 N–H and O–H groups in total. The van der Waals surface area contributed by atoms with Crippen molar-refractivity contribution >= 4 is 11.8 Å². The van der Waals surface area contributed by atoms with Crippen molar-refractivity contribution in [1.82, 2.24) is 10.2 Å². The summed E-state index contributed by atoms with van der Waals surface area (Å²) in [5.41, 5.74) is 5.42. The van der Waals surface area contributed by atoms with Crippen LogP contribution in [0.2, 0.25) is 0 Å². The number of carbonyl (C=O) groups excluding carboxylic acids is 2. The lowest BCUT2D eigenvalue weighted by molar-refractivity contribution is -0.145. The van der Waals surface area contributed by atoms with Crippen molar-refractivity contribution < 1.29 is 9.59 Å². The molecule has 0 aliphatic heterocycles. The van der Waals surface area contributed by atoms with Crippen molar-refractivity contribution in [3.05, 3.63) is 0 Å². The summed E-state index contributed by atoms with van der Waals surface area (Å²) < 4.78 is 0. The molecule has 0 saturated heterocycles. The number of hydrogen-bond donors (Lipinski definition) is 2. The Morgan fingerprint density at radius 2 is 1.65 bits per heavy atom. The van der Waals surface area contributed by atoms with Crippen LogP contribution in [0.4, 0.5) is 0 Å². The van der Waals surface area contributed by atoms with Gasteiger partial charge in [0, 0.05) is 20.1 Å². The molecule has 20 heavy (non-hydrogen) atoms. The third-order valence-electron chi connectivity index (χ3n) is 3.70. The molecular weight excluding hydrogens is 254 g/mol. The van der Waals surface area contributed by atoms with Gasteiger partial charge in [-0.3, -0.25) is 9.59 Å². The molecule has 0 aromatic heterocycles. The highest BCUT2D eigenvalue weighted by atomic mass is 16.2. The largest absolute Gasteiger partial charge is 0.358 e. The molecule has 118 valence electrons. The summed E-state index contributed by atoms with van der Waals surface area (Å²) >= 11 is 0. The van der Waals surface area contributed by atoms with E-state index in [4.69, 9.17) is 5.73 Å². The molecule has 0 fully saturated rings. The van der Waals surface area contributed by atoms with Crippen molar-refractivity contribution in [3.8, 4) is 0 Å². The van der Waals surface area contributed by atoms with E-state index >= 15 is 0 Å². The van der Waals surface area contributed by atoms with Gasteiger partial charge in [0.05, 0.1) is 12.0 Å². The van der Waals surface area contributed by atoms with Gasteiger partial charge < -0.3 is 16.0 Å². The van der Waals surface area contributed by atoms with E-state index in [1.807, 2.05) is 6.92 Å². The van der Waals surface area contributed by atoms with Crippen LogP contribution < -0.4 is 11.1 Å². The van der Waals surface area contributed by atoms with Crippen LogP contribution in [-0.2, 0) is 9.59 Å². The van der Waals surface area contributed by atoms with Gasteiger partial charge in [0.15, 0.2) is 0 Å². The number of carbonyl (C=O) groups is 2. The molecule has 2 amide bonds. The molecule has 0 rings (SSSR count). The average molecular weight is 285 g/mol. The molecule has 0 bridgehead atoms. The number of nitrogens with zero attached hydrogens (tertiary/aromatic N) is 1. The maximum atomic E-state index is 12.9. The van der Waals surface area contributed by atoms with Crippen molar-refractivity contribution in [2.45, 2.75) is 52.9 Å². The van der Waals surface area contributed by atoms with E-state index in [0.717, 1.165) is 32.1 Å². The molecule has 0 heterocycles. The zero-order valence-electron chi connectivity index (χ0n) is 13.5. The Balaban J connectivity index is 5.16. The first-order valence-electron chi connectivity index (χ1n) is 7.71. The molecule has 0 aliphatic carbocycles. The molecule has 0 aromatic carbocycles. The van der Waals surface area contributed by atoms with Crippen LogP contribution in [0, 0.1) is 5.41 Å². The molecule has 0 atom stereocenters. The van der Waals surface area contributed by atoms with Crippen molar-refractivity contribution in [2.24, 2.45) is 11.1 Å². The Hall–Kier alpha value is -1.10. The fourth-order valence-electron chi connectivity index (χ4n) is 2.70. The Morgan fingerprint density at radius 3 is 2.00 bits per heavy atom. The number of amides is 2. The van der Waals surface area contributed by atoms with Gasteiger partial charge in [-0.2, -0.15) is 0 Å². The third kappa shape index (κ3) is 5.12. The normalized spacial score (nSPS) is 11.2. The zero-order valence-corrected chi connectivity index (χ0v) is 13.5. The van der Waals surface area contributed by atoms with Crippen LogP contribution in [0.15, 0.2) is 0 Å². The Kier molecular flexibility index (Phi) is 9.21. The Labute approximate surface area is 123 Å². The van der Waals surface area contributed by atoms with E-state index in [1.165, 1.54) is 0 Å². The zero-order chi connectivity index (χ0) is 15.6. The Morgan fingerprint density at radius 1 is 1.10 bits per heavy atom. The fourth-order valence-corrected chi connectivity index (χ4v) is 2.70. The van der Waals surface area contributed by atoms with Crippen molar-refractivity contribution in [1.29, 1.82) is 0 Å². The lowest BCUT2D eigenvalue weighted by atomic mass is 9.77. The van der Waals surface area contributed by atoms with Gasteiger partial charge >= 0.3 is 0 Å². The van der Waals surface area contributed by atoms with Gasteiger partial charge in [-0.1, -0.05) is 33.6 Å². The van der Waals surface area contributed by atoms with Crippen LogP contribution in [0.3, 0.4) is 0 Å². The van der Waals surface area contributed by atoms with Gasteiger partial charge in [-0.05, 0) is 19.3 Å². The molecule has 0 unspecified atom stereocenters. The van der Waals surface area contributed by atoms with Crippen LogP contribution in [0.1, 0.15) is 52.9 Å². The van der Waals surface area contributed by atoms with E-state index in [1.54, 1.807) is 11.9 Å². The number of hydrogen-bond acceptors (Lipinski definition) is 3. The van der Waals surface area contributed by atoms with Gasteiger partial charge in [0.2, 0.25) is 11.8 Å². The minimum absolute atomic E-state index is 0.0363. The third-order valence-corrected chi connectivity index (χ3v) is 3.70. The second-order valence-electron chi connectivity index (χ2n) is 5.38. The van der Waals surface area contributed by atoms with Crippen LogP contribution in [0.5, 0.6) is 0 Å². The summed E-state index contributed by atoms with van der Waals surface area (Å²) in [7, 11) is 1.59. The molecule has 5 nitrogen and oxygen atoms in total. The molecule has 5 heteroatoms. The number of rotatable bonds is 10. The highest BCUT2D eigenvalue weighted by Gasteiger charge is 2.38.